The van der Waals surface area contributed by atoms with E-state index in [0.29, 0.717) is 6.42 Å². The average Bonchev–Trinajstić information content (AvgIpc) is 2.66. The molecule has 0 spiro atoms. The highest BCUT2D eigenvalue weighted by atomic mass is 32.1. The summed E-state index contributed by atoms with van der Waals surface area (Å²) in [4.78, 5) is 12.2. The topological polar surface area (TPSA) is 53.2 Å². The van der Waals surface area contributed by atoms with Crippen LogP contribution in [-0.2, 0) is 11.2 Å². The Morgan fingerprint density at radius 1 is 0.815 bits per heavy atom. The van der Waals surface area contributed by atoms with Gasteiger partial charge in [-0.3, -0.25) is 4.79 Å². The molecule has 3 aromatic rings. The van der Waals surface area contributed by atoms with Gasteiger partial charge in [0.2, 0.25) is 5.91 Å². The predicted octanol–water partition coefficient (Wildman–Crippen LogP) is 4.79. The molecule has 4 nitrogen and oxygen atoms in total. The summed E-state index contributed by atoms with van der Waals surface area (Å²) in [5.41, 5.74) is 4.90. The van der Waals surface area contributed by atoms with E-state index in [9.17, 15) is 4.79 Å². The summed E-state index contributed by atoms with van der Waals surface area (Å²) in [7, 11) is 0. The molecular formula is C22H21N3OS. The molecule has 0 aromatic heterocycles. The summed E-state index contributed by atoms with van der Waals surface area (Å²) in [6, 6.07) is 25.5. The smallest absolute Gasteiger partial charge is 0.230 e. The molecule has 0 saturated carbocycles. The first-order valence-electron chi connectivity index (χ1n) is 8.67. The van der Waals surface area contributed by atoms with Gasteiger partial charge in [-0.15, -0.1) is 0 Å². The lowest BCUT2D eigenvalue weighted by atomic mass is 10.1. The van der Waals surface area contributed by atoms with Crippen LogP contribution in [0.15, 0.2) is 78.9 Å². The number of amides is 1. The molecular weight excluding hydrogens is 354 g/mol. The van der Waals surface area contributed by atoms with Crippen molar-refractivity contribution in [2.45, 2.75) is 13.3 Å². The second kappa shape index (κ2) is 8.96. The third kappa shape index (κ3) is 5.66. The fourth-order valence-corrected chi connectivity index (χ4v) is 2.87. The number of carbonyl (C=O) groups excluding carboxylic acids is 1. The van der Waals surface area contributed by atoms with Crippen molar-refractivity contribution >= 4 is 40.3 Å². The van der Waals surface area contributed by atoms with Crippen LogP contribution in [-0.4, -0.2) is 11.0 Å². The van der Waals surface area contributed by atoms with Crippen LogP contribution in [0.1, 0.15) is 11.1 Å². The monoisotopic (exact) mass is 375 g/mol. The highest BCUT2D eigenvalue weighted by Gasteiger charge is 2.08. The fraction of sp³-hybridized carbons (Fsp3) is 0.0909. The highest BCUT2D eigenvalue weighted by molar-refractivity contribution is 7.80. The van der Waals surface area contributed by atoms with Gasteiger partial charge in [-0.05, 0) is 66.7 Å². The molecule has 3 aromatic carbocycles. The molecule has 0 aliphatic heterocycles. The maximum atomic E-state index is 12.2. The Balaban J connectivity index is 1.51. The summed E-state index contributed by atoms with van der Waals surface area (Å²) in [5.74, 6) is -0.135. The number of para-hydroxylation sites is 1. The summed E-state index contributed by atoms with van der Waals surface area (Å²) < 4.78 is 0. The van der Waals surface area contributed by atoms with E-state index in [0.717, 1.165) is 28.2 Å². The third-order valence-corrected chi connectivity index (χ3v) is 4.27. The molecule has 136 valence electrons. The number of carbonyl (C=O) groups is 1. The molecule has 0 bridgehead atoms. The minimum atomic E-state index is -0.135. The molecule has 0 unspecified atom stereocenters. The van der Waals surface area contributed by atoms with Crippen molar-refractivity contribution in [3.05, 3.63) is 90.0 Å². The molecule has 0 aliphatic carbocycles. The highest BCUT2D eigenvalue weighted by Crippen LogP contribution is 2.18. The zero-order valence-electron chi connectivity index (χ0n) is 15.0. The van der Waals surface area contributed by atoms with Crippen LogP contribution in [0.2, 0.25) is 0 Å². The van der Waals surface area contributed by atoms with Crippen LogP contribution >= 0.6 is 12.2 Å². The minimum Gasteiger partial charge on any atom is -0.356 e. The maximum Gasteiger partial charge on any atom is 0.230 e. The third-order valence-electron chi connectivity index (χ3n) is 4.07. The molecule has 3 rings (SSSR count). The van der Waals surface area contributed by atoms with Crippen LogP contribution in [0.4, 0.5) is 17.1 Å². The minimum absolute atomic E-state index is 0.135. The van der Waals surface area contributed by atoms with Crippen molar-refractivity contribution in [2.75, 3.05) is 10.6 Å². The van der Waals surface area contributed by atoms with Gasteiger partial charge in [-0.2, -0.15) is 0 Å². The molecule has 0 saturated heterocycles. The Labute approximate surface area is 164 Å². The van der Waals surface area contributed by atoms with E-state index in [1.165, 1.54) is 0 Å². The first-order valence-corrected chi connectivity index (χ1v) is 9.08. The quantitative estimate of drug-likeness (QED) is 0.561. The van der Waals surface area contributed by atoms with Gasteiger partial charge in [0, 0.05) is 17.1 Å². The Hall–Kier alpha value is -3.18. The number of anilines is 3. The average molecular weight is 375 g/mol. The van der Waals surface area contributed by atoms with Crippen LogP contribution < -0.4 is 16.0 Å². The van der Waals surface area contributed by atoms with E-state index >= 15 is 0 Å². The van der Waals surface area contributed by atoms with Crippen LogP contribution in [0.5, 0.6) is 0 Å². The molecule has 27 heavy (non-hydrogen) atoms. The lowest BCUT2D eigenvalue weighted by Crippen LogP contribution is -2.35. The zero-order valence-corrected chi connectivity index (χ0v) is 15.8. The van der Waals surface area contributed by atoms with E-state index in [4.69, 9.17) is 12.2 Å². The number of benzene rings is 3. The molecule has 5 heteroatoms. The van der Waals surface area contributed by atoms with Crippen molar-refractivity contribution in [3.8, 4) is 0 Å². The molecule has 0 aliphatic rings. The summed E-state index contributed by atoms with van der Waals surface area (Å²) in [6.45, 7) is 1.99. The first-order chi connectivity index (χ1) is 13.1. The number of aryl methyl sites for hydroxylation is 1. The number of nitrogens with one attached hydrogen (secondary N) is 3. The molecule has 0 radical (unpaired) electrons. The molecule has 0 atom stereocenters. The summed E-state index contributed by atoms with van der Waals surface area (Å²) in [5, 5.41) is 9.37. The normalized spacial score (nSPS) is 10.1. The molecule has 0 heterocycles. The van der Waals surface area contributed by atoms with Gasteiger partial charge in [0.15, 0.2) is 5.11 Å². The van der Waals surface area contributed by atoms with Gasteiger partial charge < -0.3 is 16.0 Å². The van der Waals surface area contributed by atoms with Gasteiger partial charge in [0.25, 0.3) is 0 Å². The van der Waals surface area contributed by atoms with Gasteiger partial charge in [0.1, 0.15) is 0 Å². The largest absolute Gasteiger partial charge is 0.356 e. The van der Waals surface area contributed by atoms with Crippen molar-refractivity contribution in [1.29, 1.82) is 0 Å². The summed E-state index contributed by atoms with van der Waals surface area (Å²) in [6.07, 6.45) is 0.300. The number of hydrogen-bond acceptors (Lipinski definition) is 3. The van der Waals surface area contributed by atoms with Crippen molar-refractivity contribution in [2.24, 2.45) is 0 Å². The standard InChI is InChI=1S/C22H21N3OS/c1-16-7-5-6-8-17(16)15-21(26)25-22(27)24-20-13-11-19(12-14-20)23-18-9-3-2-4-10-18/h2-14,23H,15H2,1H3,(H2,24,25,26,27). The van der Waals surface area contributed by atoms with E-state index in [1.54, 1.807) is 0 Å². The van der Waals surface area contributed by atoms with Crippen LogP contribution in [0, 0.1) is 6.92 Å². The second-order valence-corrected chi connectivity index (χ2v) is 6.58. The van der Waals surface area contributed by atoms with Gasteiger partial charge in [0.05, 0.1) is 6.42 Å². The van der Waals surface area contributed by atoms with Gasteiger partial charge >= 0.3 is 0 Å². The number of thiocarbonyl (C=S) groups is 1. The van der Waals surface area contributed by atoms with Crippen molar-refractivity contribution in [3.63, 3.8) is 0 Å². The first kappa shape index (κ1) is 18.6. The summed E-state index contributed by atoms with van der Waals surface area (Å²) >= 11 is 5.24. The fourth-order valence-electron chi connectivity index (χ4n) is 2.64. The van der Waals surface area contributed by atoms with Crippen molar-refractivity contribution in [1.82, 2.24) is 5.32 Å². The molecule has 0 fully saturated rings. The van der Waals surface area contributed by atoms with Gasteiger partial charge in [-0.1, -0.05) is 42.5 Å². The van der Waals surface area contributed by atoms with E-state index in [-0.39, 0.29) is 11.0 Å². The lowest BCUT2D eigenvalue weighted by Gasteiger charge is -2.11. The predicted molar refractivity (Wildman–Crippen MR) is 115 cm³/mol. The molecule has 1 amide bonds. The Morgan fingerprint density at radius 3 is 2.11 bits per heavy atom. The van der Waals surface area contributed by atoms with Gasteiger partial charge in [-0.25, -0.2) is 0 Å². The lowest BCUT2D eigenvalue weighted by molar-refractivity contribution is -0.119. The number of rotatable bonds is 5. The Kier molecular flexibility index (Phi) is 6.18. The van der Waals surface area contributed by atoms with Crippen molar-refractivity contribution < 1.29 is 4.79 Å². The SMILES string of the molecule is Cc1ccccc1CC(=O)NC(=S)Nc1ccc(Nc2ccccc2)cc1. The zero-order chi connectivity index (χ0) is 19.1. The van der Waals surface area contributed by atoms with E-state index < -0.39 is 0 Å². The second-order valence-electron chi connectivity index (χ2n) is 6.17. The van der Waals surface area contributed by atoms with Crippen LogP contribution in [0.25, 0.3) is 0 Å². The maximum absolute atomic E-state index is 12.2. The Morgan fingerprint density at radius 2 is 1.41 bits per heavy atom. The Bertz CT molecular complexity index is 924. The van der Waals surface area contributed by atoms with E-state index in [2.05, 4.69) is 16.0 Å². The number of hydrogen-bond donors (Lipinski definition) is 3. The molecule has 3 N–H and O–H groups in total. The van der Waals surface area contributed by atoms with E-state index in [1.807, 2.05) is 85.8 Å². The van der Waals surface area contributed by atoms with Crippen LogP contribution in [0.3, 0.4) is 0 Å².